The van der Waals surface area contributed by atoms with E-state index in [1.807, 2.05) is 54.6 Å². The number of anilines is 2. The number of nitrogens with one attached hydrogen (secondary N) is 1. The lowest BCUT2D eigenvalue weighted by Crippen LogP contribution is -2.38. The van der Waals surface area contributed by atoms with Crippen LogP contribution in [0.15, 0.2) is 54.6 Å². The molecule has 160 valence electrons. The average Bonchev–Trinajstić information content (AvgIpc) is 3.09. The zero-order chi connectivity index (χ0) is 22.0. The fourth-order valence-corrected chi connectivity index (χ4v) is 4.23. The molecule has 8 heteroatoms. The summed E-state index contributed by atoms with van der Waals surface area (Å²) in [5, 5.41) is 7.59. The van der Waals surface area contributed by atoms with Gasteiger partial charge >= 0.3 is 0 Å². The van der Waals surface area contributed by atoms with E-state index in [-0.39, 0.29) is 22.9 Å². The van der Waals surface area contributed by atoms with Crippen LogP contribution in [0.25, 0.3) is 5.69 Å². The van der Waals surface area contributed by atoms with Crippen LogP contribution in [0, 0.1) is 12.8 Å². The van der Waals surface area contributed by atoms with Crippen molar-refractivity contribution < 1.29 is 9.59 Å². The Morgan fingerprint density at radius 3 is 2.29 bits per heavy atom. The summed E-state index contributed by atoms with van der Waals surface area (Å²) in [6, 6.07) is 17.1. The molecule has 2 amide bonds. The molecular weight excluding hydrogens is 414 g/mol. The van der Waals surface area contributed by atoms with E-state index >= 15 is 0 Å². The summed E-state index contributed by atoms with van der Waals surface area (Å²) >= 11 is 6.49. The van der Waals surface area contributed by atoms with Crippen LogP contribution in [0.3, 0.4) is 0 Å². The number of para-hydroxylation sites is 1. The molecule has 0 atom stereocenters. The molecule has 1 saturated heterocycles. The Morgan fingerprint density at radius 1 is 1.03 bits per heavy atom. The van der Waals surface area contributed by atoms with Gasteiger partial charge < -0.3 is 16.0 Å². The number of carbonyl (C=O) groups excluding carboxylic acids is 2. The van der Waals surface area contributed by atoms with Crippen LogP contribution in [0.5, 0.6) is 0 Å². The maximum absolute atomic E-state index is 12.9. The van der Waals surface area contributed by atoms with Gasteiger partial charge in [0.15, 0.2) is 0 Å². The first kappa shape index (κ1) is 20.9. The summed E-state index contributed by atoms with van der Waals surface area (Å²) in [6.07, 6.45) is 1.52. The van der Waals surface area contributed by atoms with Crippen LogP contribution in [0.2, 0.25) is 5.15 Å². The molecule has 0 spiro atoms. The predicted molar refractivity (Wildman–Crippen MR) is 122 cm³/mol. The first-order chi connectivity index (χ1) is 14.9. The van der Waals surface area contributed by atoms with Crippen molar-refractivity contribution in [3.05, 3.63) is 71.0 Å². The monoisotopic (exact) mass is 437 g/mol. The Balaban J connectivity index is 1.45. The molecule has 0 saturated carbocycles. The summed E-state index contributed by atoms with van der Waals surface area (Å²) in [4.78, 5) is 26.4. The lowest BCUT2D eigenvalue weighted by Gasteiger charge is -2.32. The fourth-order valence-electron chi connectivity index (χ4n) is 3.87. The first-order valence-electron chi connectivity index (χ1n) is 10.2. The quantitative estimate of drug-likeness (QED) is 0.635. The minimum Gasteiger partial charge on any atom is -0.371 e. The molecule has 1 aromatic heterocycles. The number of amides is 2. The zero-order valence-corrected chi connectivity index (χ0v) is 18.0. The number of halogens is 1. The summed E-state index contributed by atoms with van der Waals surface area (Å²) in [7, 11) is 0. The largest absolute Gasteiger partial charge is 0.371 e. The van der Waals surface area contributed by atoms with Crippen molar-refractivity contribution in [2.24, 2.45) is 11.7 Å². The second-order valence-corrected chi connectivity index (χ2v) is 8.02. The number of benzene rings is 2. The van der Waals surface area contributed by atoms with Crippen LogP contribution >= 0.6 is 11.6 Å². The van der Waals surface area contributed by atoms with Gasteiger partial charge in [-0.2, -0.15) is 5.10 Å². The molecule has 1 aliphatic rings. The van der Waals surface area contributed by atoms with Gasteiger partial charge in [-0.05, 0) is 56.2 Å². The van der Waals surface area contributed by atoms with Gasteiger partial charge in [-0.3, -0.25) is 9.59 Å². The second kappa shape index (κ2) is 8.81. The summed E-state index contributed by atoms with van der Waals surface area (Å²) in [6.45, 7) is 3.33. The van der Waals surface area contributed by atoms with E-state index < -0.39 is 0 Å². The lowest BCUT2D eigenvalue weighted by atomic mass is 9.96. The molecule has 0 radical (unpaired) electrons. The summed E-state index contributed by atoms with van der Waals surface area (Å²) in [5.41, 5.74) is 8.82. The molecule has 1 aliphatic heterocycles. The minimum atomic E-state index is -0.306. The van der Waals surface area contributed by atoms with Gasteiger partial charge in [0, 0.05) is 30.4 Å². The van der Waals surface area contributed by atoms with E-state index in [1.54, 1.807) is 11.6 Å². The van der Waals surface area contributed by atoms with Crippen molar-refractivity contribution in [1.29, 1.82) is 0 Å². The van der Waals surface area contributed by atoms with Crippen molar-refractivity contribution in [1.82, 2.24) is 9.78 Å². The van der Waals surface area contributed by atoms with Gasteiger partial charge in [0.25, 0.3) is 5.91 Å². The molecule has 2 aromatic carbocycles. The van der Waals surface area contributed by atoms with Gasteiger partial charge in [-0.15, -0.1) is 0 Å². The van der Waals surface area contributed by atoms with Crippen LogP contribution in [-0.4, -0.2) is 34.7 Å². The molecule has 2 heterocycles. The Labute approximate surface area is 185 Å². The third-order valence-corrected chi connectivity index (χ3v) is 5.97. The predicted octanol–water partition coefficient (Wildman–Crippen LogP) is 3.79. The van der Waals surface area contributed by atoms with E-state index in [9.17, 15) is 9.59 Å². The van der Waals surface area contributed by atoms with E-state index in [4.69, 9.17) is 17.3 Å². The van der Waals surface area contributed by atoms with Gasteiger partial charge in [0.1, 0.15) is 10.7 Å². The van der Waals surface area contributed by atoms with Gasteiger partial charge in [0.05, 0.1) is 11.4 Å². The number of carbonyl (C=O) groups is 2. The van der Waals surface area contributed by atoms with Gasteiger partial charge in [0.2, 0.25) is 5.91 Å². The van der Waals surface area contributed by atoms with Crippen LogP contribution in [0.1, 0.15) is 28.9 Å². The van der Waals surface area contributed by atoms with E-state index in [0.717, 1.165) is 37.3 Å². The normalized spacial score (nSPS) is 14.5. The van der Waals surface area contributed by atoms with Crippen LogP contribution in [-0.2, 0) is 4.79 Å². The molecule has 7 nitrogen and oxygen atoms in total. The number of nitrogens with zero attached hydrogens (tertiary/aromatic N) is 3. The van der Waals surface area contributed by atoms with Gasteiger partial charge in [-0.25, -0.2) is 4.68 Å². The number of hydrogen-bond acceptors (Lipinski definition) is 4. The van der Waals surface area contributed by atoms with Crippen molar-refractivity contribution >= 4 is 34.8 Å². The molecule has 3 aromatic rings. The molecule has 0 bridgehead atoms. The molecular formula is C23H24ClN5O2. The first-order valence-corrected chi connectivity index (χ1v) is 10.6. The number of rotatable bonds is 5. The molecule has 0 aliphatic carbocycles. The summed E-state index contributed by atoms with van der Waals surface area (Å²) in [5.74, 6) is -0.568. The highest BCUT2D eigenvalue weighted by molar-refractivity contribution is 6.34. The zero-order valence-electron chi connectivity index (χ0n) is 17.2. The van der Waals surface area contributed by atoms with Gasteiger partial charge in [-0.1, -0.05) is 29.8 Å². The van der Waals surface area contributed by atoms with Crippen molar-refractivity contribution in [3.63, 3.8) is 0 Å². The minimum absolute atomic E-state index is 0.0420. The van der Waals surface area contributed by atoms with Crippen molar-refractivity contribution in [3.8, 4) is 5.69 Å². The smallest absolute Gasteiger partial charge is 0.260 e. The lowest BCUT2D eigenvalue weighted by molar-refractivity contribution is -0.122. The highest BCUT2D eigenvalue weighted by atomic mass is 35.5. The average molecular weight is 438 g/mol. The highest BCUT2D eigenvalue weighted by Crippen LogP contribution is 2.27. The molecule has 31 heavy (non-hydrogen) atoms. The third kappa shape index (κ3) is 4.41. The number of hydrogen-bond donors (Lipinski definition) is 2. The Hall–Kier alpha value is -3.32. The maximum Gasteiger partial charge on any atom is 0.260 e. The highest BCUT2D eigenvalue weighted by Gasteiger charge is 2.24. The molecule has 3 N–H and O–H groups in total. The summed E-state index contributed by atoms with van der Waals surface area (Å²) < 4.78 is 1.56. The molecule has 1 fully saturated rings. The Bertz CT molecular complexity index is 1090. The fraction of sp³-hybridized carbons (Fsp3) is 0.261. The number of primary amides is 1. The molecule has 0 unspecified atom stereocenters. The van der Waals surface area contributed by atoms with Crippen molar-refractivity contribution in [2.75, 3.05) is 23.3 Å². The number of nitrogens with two attached hydrogens (primary N) is 1. The number of aromatic nitrogens is 2. The molecule has 4 rings (SSSR count). The van der Waals surface area contributed by atoms with Crippen LogP contribution in [0.4, 0.5) is 11.4 Å². The standard InChI is InChI=1S/C23H24ClN5O2/c1-15-20(21(24)29(27-15)19-5-3-2-4-6-19)23(31)26-17-7-9-18(10-8-17)28-13-11-16(12-14-28)22(25)30/h2-10,16H,11-14H2,1H3,(H2,25,30)(H,26,31). The van der Waals surface area contributed by atoms with E-state index in [2.05, 4.69) is 15.3 Å². The van der Waals surface area contributed by atoms with E-state index in [0.29, 0.717) is 16.9 Å². The second-order valence-electron chi connectivity index (χ2n) is 7.66. The van der Waals surface area contributed by atoms with Crippen molar-refractivity contribution in [2.45, 2.75) is 19.8 Å². The Kier molecular flexibility index (Phi) is 5.95. The van der Waals surface area contributed by atoms with Crippen LogP contribution < -0.4 is 16.0 Å². The topological polar surface area (TPSA) is 93.2 Å². The number of aryl methyl sites for hydroxylation is 1. The SMILES string of the molecule is Cc1nn(-c2ccccc2)c(Cl)c1C(=O)Nc1ccc(N2CCC(C(N)=O)CC2)cc1. The number of piperidine rings is 1. The van der Waals surface area contributed by atoms with E-state index in [1.165, 1.54) is 0 Å². The third-order valence-electron chi connectivity index (χ3n) is 5.62. The Morgan fingerprint density at radius 2 is 1.68 bits per heavy atom. The maximum atomic E-state index is 12.9.